The second kappa shape index (κ2) is 4.33. The van der Waals surface area contributed by atoms with E-state index >= 15 is 0 Å². The first-order chi connectivity index (χ1) is 7.25. The van der Waals surface area contributed by atoms with Gasteiger partial charge in [-0.05, 0) is 6.92 Å². The van der Waals surface area contributed by atoms with Gasteiger partial charge in [0.1, 0.15) is 5.76 Å². The Morgan fingerprint density at radius 2 is 2.47 bits per heavy atom. The fraction of sp³-hybridized carbons (Fsp3) is 0.600. The van der Waals surface area contributed by atoms with E-state index in [1.165, 1.54) is 0 Å². The molecule has 2 heterocycles. The van der Waals surface area contributed by atoms with Gasteiger partial charge in [-0.25, -0.2) is 0 Å². The quantitative estimate of drug-likeness (QED) is 0.782. The van der Waals surface area contributed by atoms with Crippen molar-refractivity contribution in [2.75, 3.05) is 26.7 Å². The summed E-state index contributed by atoms with van der Waals surface area (Å²) in [6, 6.07) is 1.96. The molecular weight excluding hydrogens is 192 g/mol. The third-order valence-electron chi connectivity index (χ3n) is 2.39. The lowest BCUT2D eigenvalue weighted by Gasteiger charge is -2.14. The largest absolute Gasteiger partial charge is 0.361 e. The van der Waals surface area contributed by atoms with Crippen molar-refractivity contribution in [3.63, 3.8) is 0 Å². The fourth-order valence-electron chi connectivity index (χ4n) is 1.56. The lowest BCUT2D eigenvalue weighted by Crippen LogP contribution is -2.36. The molecule has 1 aliphatic rings. The summed E-state index contributed by atoms with van der Waals surface area (Å²) in [6.45, 7) is 4.65. The average molecular weight is 208 g/mol. The van der Waals surface area contributed by atoms with Crippen LogP contribution in [-0.4, -0.2) is 42.7 Å². The van der Waals surface area contributed by atoms with E-state index in [-0.39, 0.29) is 0 Å². The lowest BCUT2D eigenvalue weighted by atomic mass is 10.3. The predicted molar refractivity (Wildman–Crippen MR) is 57.9 cm³/mol. The third-order valence-corrected chi connectivity index (χ3v) is 2.39. The second-order valence-corrected chi connectivity index (χ2v) is 3.74. The Morgan fingerprint density at radius 3 is 3.07 bits per heavy atom. The van der Waals surface area contributed by atoms with Crippen LogP contribution in [0.15, 0.2) is 15.6 Å². The standard InChI is InChI=1S/C10H16N4O/c1-8-7-9(15-13-8)3-4-11-10-12-5-6-14(10)2/h7H,3-6H2,1-2H3,(H,11,12). The molecule has 5 heteroatoms. The summed E-state index contributed by atoms with van der Waals surface area (Å²) >= 11 is 0. The Labute approximate surface area is 89.2 Å². The van der Waals surface area contributed by atoms with Crippen molar-refractivity contribution < 1.29 is 4.52 Å². The van der Waals surface area contributed by atoms with Crippen LogP contribution in [0.5, 0.6) is 0 Å². The Balaban J connectivity index is 1.75. The molecule has 0 unspecified atom stereocenters. The van der Waals surface area contributed by atoms with Gasteiger partial charge in [0.05, 0.1) is 12.2 Å². The van der Waals surface area contributed by atoms with Crippen LogP contribution in [0.4, 0.5) is 0 Å². The number of nitrogens with zero attached hydrogens (tertiary/aromatic N) is 3. The fourth-order valence-corrected chi connectivity index (χ4v) is 1.56. The topological polar surface area (TPSA) is 53.7 Å². The molecule has 1 aliphatic heterocycles. The van der Waals surface area contributed by atoms with E-state index in [2.05, 4.69) is 20.4 Å². The Bertz CT molecular complexity index is 358. The summed E-state index contributed by atoms with van der Waals surface area (Å²) in [6.07, 6.45) is 0.841. The third kappa shape index (κ3) is 2.49. The van der Waals surface area contributed by atoms with Crippen LogP contribution in [0.1, 0.15) is 11.5 Å². The zero-order chi connectivity index (χ0) is 10.7. The van der Waals surface area contributed by atoms with Gasteiger partial charge in [0, 0.05) is 32.6 Å². The number of aliphatic imine (C=N–C) groups is 1. The summed E-state index contributed by atoms with van der Waals surface area (Å²) < 4.78 is 5.11. The molecule has 0 bridgehead atoms. The Hall–Kier alpha value is -1.52. The highest BCUT2D eigenvalue weighted by Crippen LogP contribution is 2.02. The van der Waals surface area contributed by atoms with Crippen LogP contribution in [-0.2, 0) is 6.42 Å². The molecule has 82 valence electrons. The molecule has 2 rings (SSSR count). The van der Waals surface area contributed by atoms with Gasteiger partial charge in [-0.2, -0.15) is 0 Å². The number of aryl methyl sites for hydroxylation is 1. The molecule has 1 aromatic heterocycles. The monoisotopic (exact) mass is 208 g/mol. The Morgan fingerprint density at radius 1 is 1.60 bits per heavy atom. The van der Waals surface area contributed by atoms with Crippen LogP contribution in [0, 0.1) is 6.92 Å². The number of hydrogen-bond acceptors (Lipinski definition) is 5. The van der Waals surface area contributed by atoms with Crippen molar-refractivity contribution in [2.24, 2.45) is 4.99 Å². The van der Waals surface area contributed by atoms with E-state index in [9.17, 15) is 0 Å². The zero-order valence-electron chi connectivity index (χ0n) is 9.16. The molecule has 0 spiro atoms. The SMILES string of the molecule is Cc1cc(CCNC2=NCCN2C)on1. The minimum atomic E-state index is 0.831. The molecule has 1 aromatic rings. The van der Waals surface area contributed by atoms with Gasteiger partial charge >= 0.3 is 0 Å². The minimum Gasteiger partial charge on any atom is -0.361 e. The molecule has 0 amide bonds. The van der Waals surface area contributed by atoms with Gasteiger partial charge in [-0.15, -0.1) is 0 Å². The van der Waals surface area contributed by atoms with Crippen molar-refractivity contribution in [1.82, 2.24) is 15.4 Å². The van der Waals surface area contributed by atoms with Crippen molar-refractivity contribution in [2.45, 2.75) is 13.3 Å². The number of nitrogens with one attached hydrogen (secondary N) is 1. The summed E-state index contributed by atoms with van der Waals surface area (Å²) in [5.41, 5.74) is 0.931. The first kappa shape index (κ1) is 10.0. The highest BCUT2D eigenvalue weighted by atomic mass is 16.5. The molecule has 0 aromatic carbocycles. The predicted octanol–water partition coefficient (Wildman–Crippen LogP) is 0.417. The maximum atomic E-state index is 5.11. The molecule has 15 heavy (non-hydrogen) atoms. The van der Waals surface area contributed by atoms with Gasteiger partial charge in [-0.3, -0.25) is 4.99 Å². The maximum Gasteiger partial charge on any atom is 0.193 e. The molecule has 0 saturated carbocycles. The van der Waals surface area contributed by atoms with Gasteiger partial charge in [-0.1, -0.05) is 5.16 Å². The summed E-state index contributed by atoms with van der Waals surface area (Å²) in [5, 5.41) is 7.12. The van der Waals surface area contributed by atoms with E-state index in [4.69, 9.17) is 4.52 Å². The smallest absolute Gasteiger partial charge is 0.193 e. The van der Waals surface area contributed by atoms with E-state index in [1.807, 2.05) is 20.0 Å². The minimum absolute atomic E-state index is 0.831. The zero-order valence-corrected chi connectivity index (χ0v) is 9.16. The molecule has 0 radical (unpaired) electrons. The van der Waals surface area contributed by atoms with Crippen molar-refractivity contribution in [1.29, 1.82) is 0 Å². The van der Waals surface area contributed by atoms with Gasteiger partial charge < -0.3 is 14.7 Å². The lowest BCUT2D eigenvalue weighted by molar-refractivity contribution is 0.379. The van der Waals surface area contributed by atoms with Gasteiger partial charge in [0.2, 0.25) is 0 Å². The highest BCUT2D eigenvalue weighted by Gasteiger charge is 2.11. The normalized spacial score (nSPS) is 15.6. The summed E-state index contributed by atoms with van der Waals surface area (Å²) in [5.74, 6) is 1.90. The van der Waals surface area contributed by atoms with Gasteiger partial charge in [0.25, 0.3) is 0 Å². The number of guanidine groups is 1. The summed E-state index contributed by atoms with van der Waals surface area (Å²) in [7, 11) is 2.04. The van der Waals surface area contributed by atoms with Crippen LogP contribution < -0.4 is 5.32 Å². The average Bonchev–Trinajstić information content (AvgIpc) is 2.77. The van der Waals surface area contributed by atoms with E-state index < -0.39 is 0 Å². The maximum absolute atomic E-state index is 5.11. The first-order valence-corrected chi connectivity index (χ1v) is 5.17. The van der Waals surface area contributed by atoms with Crippen molar-refractivity contribution in [3.05, 3.63) is 17.5 Å². The Kier molecular flexibility index (Phi) is 2.89. The van der Waals surface area contributed by atoms with E-state index in [1.54, 1.807) is 0 Å². The van der Waals surface area contributed by atoms with E-state index in [0.717, 1.165) is 43.5 Å². The van der Waals surface area contributed by atoms with Crippen LogP contribution >= 0.6 is 0 Å². The van der Waals surface area contributed by atoms with Crippen LogP contribution in [0.25, 0.3) is 0 Å². The van der Waals surface area contributed by atoms with Crippen molar-refractivity contribution >= 4 is 5.96 Å². The molecule has 1 N–H and O–H groups in total. The molecule has 0 fully saturated rings. The number of rotatable bonds is 3. The van der Waals surface area contributed by atoms with Crippen LogP contribution in [0.2, 0.25) is 0 Å². The molecule has 0 aliphatic carbocycles. The number of hydrogen-bond donors (Lipinski definition) is 1. The van der Waals surface area contributed by atoms with Gasteiger partial charge in [0.15, 0.2) is 5.96 Å². The number of aromatic nitrogens is 1. The summed E-state index contributed by atoms with van der Waals surface area (Å²) in [4.78, 5) is 6.46. The first-order valence-electron chi connectivity index (χ1n) is 5.17. The molecule has 5 nitrogen and oxygen atoms in total. The molecular formula is C10H16N4O. The highest BCUT2D eigenvalue weighted by molar-refractivity contribution is 5.81. The second-order valence-electron chi connectivity index (χ2n) is 3.74. The van der Waals surface area contributed by atoms with Crippen molar-refractivity contribution in [3.8, 4) is 0 Å². The molecule has 0 saturated heterocycles. The van der Waals surface area contributed by atoms with E-state index in [0.29, 0.717) is 0 Å². The molecule has 0 atom stereocenters. The number of likely N-dealkylation sites (N-methyl/N-ethyl adjacent to an activating group) is 1. The van der Waals surface area contributed by atoms with Crippen LogP contribution in [0.3, 0.4) is 0 Å².